The van der Waals surface area contributed by atoms with Crippen LogP contribution in [0.4, 0.5) is 0 Å². The van der Waals surface area contributed by atoms with Crippen LogP contribution in [0.2, 0.25) is 0 Å². The van der Waals surface area contributed by atoms with Gasteiger partial charge in [-0.15, -0.1) is 0 Å². The maximum atomic E-state index is 12.2. The molecule has 0 amide bonds. The van der Waals surface area contributed by atoms with Gasteiger partial charge in [-0.2, -0.15) is 0 Å². The molecule has 0 radical (unpaired) electrons. The quantitative estimate of drug-likeness (QED) is 0.449. The highest BCUT2D eigenvalue weighted by atomic mass is 16.7. The first-order valence-corrected chi connectivity index (χ1v) is 13.7. The molecule has 1 heterocycles. The van der Waals surface area contributed by atoms with Gasteiger partial charge in [-0.3, -0.25) is 4.79 Å². The average Bonchev–Trinajstić information content (AvgIpc) is 3.36. The summed E-state index contributed by atoms with van der Waals surface area (Å²) < 4.78 is 12.3. The Morgan fingerprint density at radius 2 is 1.59 bits per heavy atom. The van der Waals surface area contributed by atoms with Crippen molar-refractivity contribution in [2.45, 2.75) is 98.2 Å². The second-order valence-electron chi connectivity index (χ2n) is 13.0. The van der Waals surface area contributed by atoms with Gasteiger partial charge in [0.05, 0.1) is 13.2 Å². The Bertz CT molecular complexity index is 750. The first-order valence-electron chi connectivity index (χ1n) is 13.7. The predicted octanol–water partition coefficient (Wildman–Crippen LogP) is 6.81. The molecule has 4 aliphatic carbocycles. The number of hydrogen-bond donors (Lipinski definition) is 0. The Balaban J connectivity index is 1.31. The van der Waals surface area contributed by atoms with Crippen LogP contribution in [0.25, 0.3) is 0 Å². The molecule has 3 heteroatoms. The SMILES string of the molecule is CC(C)C(=O)/C=C/[C@@H](C)[C@H]1CC[C@H]2[C@@H]3CC[C@H]4CC5(CC[C@]4(C)[C@H]3CC[C@]12C)OCCO5. The average molecular weight is 443 g/mol. The molecule has 0 aromatic heterocycles. The van der Waals surface area contributed by atoms with E-state index >= 15 is 0 Å². The zero-order chi connectivity index (χ0) is 22.7. The van der Waals surface area contributed by atoms with Crippen LogP contribution in [0.15, 0.2) is 12.2 Å². The standard InChI is InChI=1S/C29H46O3/c1-19(2)26(30)11-6-20(3)23-9-10-24-22-8-7-21-18-29(31-16-17-32-29)15-14-27(21,4)25(22)12-13-28(23,24)5/h6,11,19-25H,7-10,12-18H2,1-5H3/b11-6+/t20-,21+,22+,23-,24+,25+,27+,28-/m1/s1. The van der Waals surface area contributed by atoms with Crippen molar-refractivity contribution in [2.24, 2.45) is 52.3 Å². The third kappa shape index (κ3) is 3.56. The van der Waals surface area contributed by atoms with Crippen LogP contribution in [0.5, 0.6) is 0 Å². The van der Waals surface area contributed by atoms with Crippen LogP contribution < -0.4 is 0 Å². The van der Waals surface area contributed by atoms with E-state index in [0.717, 1.165) is 55.6 Å². The molecule has 4 saturated carbocycles. The van der Waals surface area contributed by atoms with Crippen molar-refractivity contribution in [3.8, 4) is 0 Å². The molecule has 5 aliphatic rings. The van der Waals surface area contributed by atoms with Crippen LogP contribution in [0.3, 0.4) is 0 Å². The molecule has 0 aromatic rings. The molecule has 0 bridgehead atoms. The lowest BCUT2D eigenvalue weighted by Crippen LogP contribution is -2.56. The number of rotatable bonds is 4. The zero-order valence-electron chi connectivity index (χ0n) is 21.2. The van der Waals surface area contributed by atoms with E-state index in [1.807, 2.05) is 19.9 Å². The Hall–Kier alpha value is -0.670. The Kier molecular flexibility index (Phi) is 5.93. The maximum absolute atomic E-state index is 12.2. The summed E-state index contributed by atoms with van der Waals surface area (Å²) in [6, 6.07) is 0. The number of allylic oxidation sites excluding steroid dienone is 2. The van der Waals surface area contributed by atoms with Gasteiger partial charge >= 0.3 is 0 Å². The largest absolute Gasteiger partial charge is 0.348 e. The molecule has 0 aromatic carbocycles. The van der Waals surface area contributed by atoms with Gasteiger partial charge in [0.25, 0.3) is 0 Å². The molecule has 5 fully saturated rings. The molecule has 0 unspecified atom stereocenters. The lowest BCUT2D eigenvalue weighted by molar-refractivity contribution is -0.229. The molecule has 32 heavy (non-hydrogen) atoms. The fourth-order valence-electron chi connectivity index (χ4n) is 9.43. The number of carbonyl (C=O) groups is 1. The summed E-state index contributed by atoms with van der Waals surface area (Å²) in [7, 11) is 0. The molecule has 1 spiro atoms. The third-order valence-corrected chi connectivity index (χ3v) is 11.3. The van der Waals surface area contributed by atoms with E-state index in [-0.39, 0.29) is 17.5 Å². The van der Waals surface area contributed by atoms with Crippen molar-refractivity contribution in [3.63, 3.8) is 0 Å². The van der Waals surface area contributed by atoms with Gasteiger partial charge in [0.2, 0.25) is 0 Å². The van der Waals surface area contributed by atoms with Crippen LogP contribution in [-0.4, -0.2) is 24.8 Å². The smallest absolute Gasteiger partial charge is 0.168 e. The van der Waals surface area contributed by atoms with Gasteiger partial charge < -0.3 is 9.47 Å². The number of ketones is 1. The topological polar surface area (TPSA) is 35.5 Å². The highest BCUT2D eigenvalue weighted by molar-refractivity contribution is 5.91. The van der Waals surface area contributed by atoms with Gasteiger partial charge in [-0.25, -0.2) is 0 Å². The summed E-state index contributed by atoms with van der Waals surface area (Å²) >= 11 is 0. The molecule has 5 rings (SSSR count). The van der Waals surface area contributed by atoms with Gasteiger partial charge in [-0.05, 0) is 97.4 Å². The molecular formula is C29H46O3. The fourth-order valence-corrected chi connectivity index (χ4v) is 9.43. The van der Waals surface area contributed by atoms with Crippen molar-refractivity contribution in [1.82, 2.24) is 0 Å². The normalized spacial score (nSPS) is 46.2. The van der Waals surface area contributed by atoms with Crippen LogP contribution in [-0.2, 0) is 14.3 Å². The van der Waals surface area contributed by atoms with E-state index in [0.29, 0.717) is 16.7 Å². The van der Waals surface area contributed by atoms with Gasteiger partial charge in [0.1, 0.15) is 0 Å². The van der Waals surface area contributed by atoms with E-state index in [1.54, 1.807) is 0 Å². The lowest BCUT2D eigenvalue weighted by Gasteiger charge is -2.62. The molecule has 0 N–H and O–H groups in total. The monoisotopic (exact) mass is 442 g/mol. The Morgan fingerprint density at radius 3 is 2.31 bits per heavy atom. The van der Waals surface area contributed by atoms with Gasteiger partial charge in [0.15, 0.2) is 11.6 Å². The minimum Gasteiger partial charge on any atom is -0.348 e. The fraction of sp³-hybridized carbons (Fsp3) is 0.897. The minimum absolute atomic E-state index is 0.103. The van der Waals surface area contributed by atoms with Crippen molar-refractivity contribution in [1.29, 1.82) is 0 Å². The van der Waals surface area contributed by atoms with E-state index < -0.39 is 0 Å². The van der Waals surface area contributed by atoms with Crippen molar-refractivity contribution < 1.29 is 14.3 Å². The summed E-state index contributed by atoms with van der Waals surface area (Å²) in [5.41, 5.74) is 0.917. The summed E-state index contributed by atoms with van der Waals surface area (Å²) in [5.74, 6) is 4.78. The number of hydrogen-bond acceptors (Lipinski definition) is 3. The lowest BCUT2D eigenvalue weighted by atomic mass is 9.44. The highest BCUT2D eigenvalue weighted by Crippen LogP contribution is 2.69. The molecular weight excluding hydrogens is 396 g/mol. The predicted molar refractivity (Wildman–Crippen MR) is 128 cm³/mol. The Labute approximate surface area is 196 Å². The number of fused-ring (bicyclic) bond motifs is 5. The number of ether oxygens (including phenoxy) is 2. The third-order valence-electron chi connectivity index (χ3n) is 11.3. The van der Waals surface area contributed by atoms with Crippen LogP contribution in [0.1, 0.15) is 92.4 Å². The molecule has 1 aliphatic heterocycles. The van der Waals surface area contributed by atoms with Crippen LogP contribution in [0, 0.1) is 52.3 Å². The van der Waals surface area contributed by atoms with Crippen molar-refractivity contribution >= 4 is 5.78 Å². The van der Waals surface area contributed by atoms with E-state index in [9.17, 15) is 4.79 Å². The van der Waals surface area contributed by atoms with E-state index in [1.165, 1.54) is 44.9 Å². The Morgan fingerprint density at radius 1 is 0.875 bits per heavy atom. The van der Waals surface area contributed by atoms with Gasteiger partial charge in [0, 0.05) is 18.8 Å². The molecule has 3 nitrogen and oxygen atoms in total. The number of carbonyl (C=O) groups excluding carboxylic acids is 1. The van der Waals surface area contributed by atoms with Crippen molar-refractivity contribution in [3.05, 3.63) is 12.2 Å². The molecule has 180 valence electrons. The minimum atomic E-state index is -0.242. The molecule has 1 saturated heterocycles. The second-order valence-corrected chi connectivity index (χ2v) is 13.0. The van der Waals surface area contributed by atoms with Gasteiger partial charge in [-0.1, -0.05) is 40.7 Å². The highest BCUT2D eigenvalue weighted by Gasteiger charge is 2.62. The van der Waals surface area contributed by atoms with E-state index in [4.69, 9.17) is 9.47 Å². The summed E-state index contributed by atoms with van der Waals surface area (Å²) in [4.78, 5) is 12.2. The summed E-state index contributed by atoms with van der Waals surface area (Å²) in [6.45, 7) is 13.2. The zero-order valence-corrected chi connectivity index (χ0v) is 21.2. The van der Waals surface area contributed by atoms with Crippen LogP contribution >= 0.6 is 0 Å². The first kappa shape index (κ1) is 23.1. The van der Waals surface area contributed by atoms with E-state index in [2.05, 4.69) is 26.8 Å². The van der Waals surface area contributed by atoms with Crippen molar-refractivity contribution in [2.75, 3.05) is 13.2 Å². The maximum Gasteiger partial charge on any atom is 0.168 e. The summed E-state index contributed by atoms with van der Waals surface area (Å²) in [5, 5.41) is 0. The molecule has 8 atom stereocenters. The first-order chi connectivity index (χ1) is 15.2. The summed E-state index contributed by atoms with van der Waals surface area (Å²) in [6.07, 6.45) is 15.9. The second kappa shape index (κ2) is 8.22.